The van der Waals surface area contributed by atoms with Gasteiger partial charge in [0, 0.05) is 22.9 Å². The number of carbonyl (C=O) groups is 2. The van der Waals surface area contributed by atoms with Crippen LogP contribution in [-0.2, 0) is 19.1 Å². The van der Waals surface area contributed by atoms with E-state index in [1.54, 1.807) is 0 Å². The van der Waals surface area contributed by atoms with Gasteiger partial charge in [0.1, 0.15) is 22.7 Å². The van der Waals surface area contributed by atoms with Crippen LogP contribution in [0.1, 0.15) is 61.0 Å². The fourth-order valence-corrected chi connectivity index (χ4v) is 5.72. The summed E-state index contributed by atoms with van der Waals surface area (Å²) in [6.07, 6.45) is 0. The molecule has 0 amide bonds. The van der Waals surface area contributed by atoms with Crippen LogP contribution in [0.2, 0.25) is 0 Å². The maximum absolute atomic E-state index is 12.9. The van der Waals surface area contributed by atoms with E-state index in [0.29, 0.717) is 13.2 Å². The van der Waals surface area contributed by atoms with Gasteiger partial charge in [0.05, 0.1) is 0 Å². The Labute approximate surface area is 221 Å². The molecule has 0 aliphatic carbocycles. The van der Waals surface area contributed by atoms with Crippen LogP contribution in [0.5, 0.6) is 0 Å². The molecule has 0 unspecified atom stereocenters. The molecule has 0 bridgehead atoms. The van der Waals surface area contributed by atoms with Crippen LogP contribution in [0, 0.1) is 6.92 Å². The zero-order chi connectivity index (χ0) is 26.6. The monoisotopic (exact) mass is 526 g/mol. The van der Waals surface area contributed by atoms with Crippen molar-refractivity contribution in [2.45, 2.75) is 81.6 Å². The van der Waals surface area contributed by atoms with Crippen LogP contribution in [0.25, 0.3) is 0 Å². The van der Waals surface area contributed by atoms with Gasteiger partial charge in [-0.2, -0.15) is 0 Å². The topological polar surface area (TPSA) is 59.1 Å². The lowest BCUT2D eigenvalue weighted by Gasteiger charge is -2.27. The molecule has 0 atom stereocenters. The first kappa shape index (κ1) is 31.8. The maximum atomic E-state index is 12.9. The van der Waals surface area contributed by atoms with Crippen LogP contribution in [0.15, 0.2) is 28.0 Å². The summed E-state index contributed by atoms with van der Waals surface area (Å²) < 4.78 is 9.70. The standard InChI is InChI=1S/C27H46N2O4S2/c1-10-28(11-2)16-18-32-24(30)26(6,7)34-22-15-14-21(5)20-23(22)35-27(8,9)25(31)33-19-17-29(12-3)13-4/h14-15,20H,10-13,16-19H2,1-9H3. The molecule has 0 fully saturated rings. The summed E-state index contributed by atoms with van der Waals surface area (Å²) in [7, 11) is 0. The summed E-state index contributed by atoms with van der Waals surface area (Å²) in [5.74, 6) is -0.469. The van der Waals surface area contributed by atoms with Gasteiger partial charge in [-0.3, -0.25) is 9.59 Å². The Morgan fingerprint density at radius 1 is 0.743 bits per heavy atom. The summed E-state index contributed by atoms with van der Waals surface area (Å²) in [4.78, 5) is 32.1. The third kappa shape index (κ3) is 10.7. The van der Waals surface area contributed by atoms with Crippen molar-refractivity contribution >= 4 is 35.5 Å². The number of likely N-dealkylation sites (N-methyl/N-ethyl adjacent to an activating group) is 2. The average Bonchev–Trinajstić information content (AvgIpc) is 2.80. The molecule has 0 aliphatic rings. The van der Waals surface area contributed by atoms with E-state index in [2.05, 4.69) is 43.6 Å². The Bertz CT molecular complexity index is 806. The Hall–Kier alpha value is -1.22. The van der Waals surface area contributed by atoms with E-state index < -0.39 is 9.49 Å². The number of thioether (sulfide) groups is 2. The molecule has 1 aromatic rings. The smallest absolute Gasteiger partial charge is 0.322 e. The predicted molar refractivity (Wildman–Crippen MR) is 149 cm³/mol. The third-order valence-corrected chi connectivity index (χ3v) is 8.50. The lowest BCUT2D eigenvalue weighted by Crippen LogP contribution is -2.34. The van der Waals surface area contributed by atoms with Gasteiger partial charge in [-0.05, 0) is 78.5 Å². The van der Waals surface area contributed by atoms with Crippen molar-refractivity contribution < 1.29 is 19.1 Å². The van der Waals surface area contributed by atoms with Crippen LogP contribution in [0.4, 0.5) is 0 Å². The zero-order valence-corrected chi connectivity index (χ0v) is 24.9. The number of ether oxygens (including phenoxy) is 2. The van der Waals surface area contributed by atoms with Crippen LogP contribution in [-0.4, -0.2) is 83.7 Å². The van der Waals surface area contributed by atoms with E-state index in [0.717, 1.165) is 54.6 Å². The van der Waals surface area contributed by atoms with Gasteiger partial charge in [0.15, 0.2) is 0 Å². The summed E-state index contributed by atoms with van der Waals surface area (Å²) in [5.41, 5.74) is 1.10. The SMILES string of the molecule is CCN(CC)CCOC(=O)C(C)(C)Sc1ccc(C)cc1SC(C)(C)C(=O)OCCN(CC)CC. The molecule has 0 heterocycles. The molecule has 0 N–H and O–H groups in total. The van der Waals surface area contributed by atoms with Crippen molar-refractivity contribution in [3.05, 3.63) is 23.8 Å². The van der Waals surface area contributed by atoms with Crippen molar-refractivity contribution in [1.82, 2.24) is 9.80 Å². The summed E-state index contributed by atoms with van der Waals surface area (Å²) >= 11 is 2.95. The highest BCUT2D eigenvalue weighted by Crippen LogP contribution is 2.43. The second-order valence-electron chi connectivity index (χ2n) is 9.50. The van der Waals surface area contributed by atoms with Gasteiger partial charge in [0.25, 0.3) is 0 Å². The summed E-state index contributed by atoms with van der Waals surface area (Å²) in [6.45, 7) is 24.0. The minimum absolute atomic E-state index is 0.234. The first-order valence-electron chi connectivity index (χ1n) is 12.7. The number of aryl methyl sites for hydroxylation is 1. The van der Waals surface area contributed by atoms with E-state index in [1.165, 1.54) is 23.5 Å². The number of hydrogen-bond acceptors (Lipinski definition) is 8. The second kappa shape index (κ2) is 15.1. The van der Waals surface area contributed by atoms with Crippen LogP contribution in [0.3, 0.4) is 0 Å². The molecule has 1 rings (SSSR count). The van der Waals surface area contributed by atoms with Gasteiger partial charge in [0.2, 0.25) is 0 Å². The van der Waals surface area contributed by atoms with Crippen molar-refractivity contribution in [3.8, 4) is 0 Å². The lowest BCUT2D eigenvalue weighted by molar-refractivity contribution is -0.146. The zero-order valence-electron chi connectivity index (χ0n) is 23.2. The predicted octanol–water partition coefficient (Wildman–Crippen LogP) is 5.51. The van der Waals surface area contributed by atoms with Crippen LogP contribution < -0.4 is 0 Å². The molecule has 0 aromatic heterocycles. The third-order valence-electron chi connectivity index (χ3n) is 5.88. The molecule has 35 heavy (non-hydrogen) atoms. The molecular formula is C27H46N2O4S2. The Morgan fingerprint density at radius 3 is 1.54 bits per heavy atom. The van der Waals surface area contributed by atoms with Gasteiger partial charge in [-0.15, -0.1) is 23.5 Å². The number of esters is 2. The van der Waals surface area contributed by atoms with Gasteiger partial charge in [-0.25, -0.2) is 0 Å². The quantitative estimate of drug-likeness (QED) is 0.207. The number of benzene rings is 1. The van der Waals surface area contributed by atoms with Gasteiger partial charge < -0.3 is 19.3 Å². The van der Waals surface area contributed by atoms with Gasteiger partial charge in [-0.1, -0.05) is 33.8 Å². The minimum Gasteiger partial charge on any atom is -0.463 e. The fourth-order valence-electron chi connectivity index (χ4n) is 3.37. The molecule has 0 spiro atoms. The molecule has 8 heteroatoms. The minimum atomic E-state index is -0.763. The van der Waals surface area contributed by atoms with Gasteiger partial charge >= 0.3 is 11.9 Å². The van der Waals surface area contributed by atoms with E-state index in [1.807, 2.05) is 46.8 Å². The van der Waals surface area contributed by atoms with Crippen molar-refractivity contribution in [3.63, 3.8) is 0 Å². The normalized spacial score (nSPS) is 12.3. The molecule has 1 aromatic carbocycles. The molecule has 0 saturated heterocycles. The molecule has 0 saturated carbocycles. The molecule has 6 nitrogen and oxygen atoms in total. The summed E-state index contributed by atoms with van der Waals surface area (Å²) in [6, 6.07) is 6.12. The van der Waals surface area contributed by atoms with E-state index >= 15 is 0 Å². The Morgan fingerprint density at radius 2 is 1.14 bits per heavy atom. The van der Waals surface area contributed by atoms with Crippen molar-refractivity contribution in [2.24, 2.45) is 0 Å². The van der Waals surface area contributed by atoms with Crippen molar-refractivity contribution in [2.75, 3.05) is 52.5 Å². The number of carbonyl (C=O) groups excluding carboxylic acids is 2. The highest BCUT2D eigenvalue weighted by atomic mass is 32.2. The van der Waals surface area contributed by atoms with Crippen LogP contribution >= 0.6 is 23.5 Å². The highest BCUT2D eigenvalue weighted by molar-refractivity contribution is 8.04. The van der Waals surface area contributed by atoms with E-state index in [9.17, 15) is 9.59 Å². The fraction of sp³-hybridized carbons (Fsp3) is 0.704. The Balaban J connectivity index is 2.87. The lowest BCUT2D eigenvalue weighted by atomic mass is 10.2. The highest BCUT2D eigenvalue weighted by Gasteiger charge is 2.35. The molecular weight excluding hydrogens is 480 g/mol. The molecule has 0 aliphatic heterocycles. The Kier molecular flexibility index (Phi) is 13.7. The van der Waals surface area contributed by atoms with E-state index in [-0.39, 0.29) is 11.9 Å². The number of hydrogen-bond donors (Lipinski definition) is 0. The first-order valence-corrected chi connectivity index (χ1v) is 14.3. The summed E-state index contributed by atoms with van der Waals surface area (Å²) in [5, 5.41) is 0. The molecule has 0 radical (unpaired) electrons. The average molecular weight is 527 g/mol. The number of nitrogens with zero attached hydrogens (tertiary/aromatic N) is 2. The maximum Gasteiger partial charge on any atom is 0.322 e. The second-order valence-corrected chi connectivity index (χ2v) is 12.8. The van der Waals surface area contributed by atoms with E-state index in [4.69, 9.17) is 9.47 Å². The number of rotatable bonds is 16. The largest absolute Gasteiger partial charge is 0.463 e. The van der Waals surface area contributed by atoms with Crippen molar-refractivity contribution in [1.29, 1.82) is 0 Å². The molecule has 200 valence electrons. The first-order chi connectivity index (χ1) is 16.4.